The van der Waals surface area contributed by atoms with E-state index in [1.165, 1.54) is 0 Å². The Balaban J connectivity index is 3.05. The summed E-state index contributed by atoms with van der Waals surface area (Å²) in [7, 11) is -14.9. The first-order valence-electron chi connectivity index (χ1n) is 5.74. The molecule has 1 aromatic rings. The second-order valence-corrected chi connectivity index (χ2v) is 9.29. The summed E-state index contributed by atoms with van der Waals surface area (Å²) in [6.45, 7) is 0. The zero-order valence-corrected chi connectivity index (χ0v) is 13.6. The molecule has 1 atom stereocenters. The Labute approximate surface area is 131 Å². The van der Waals surface area contributed by atoms with E-state index in [9.17, 15) is 34.4 Å². The highest BCUT2D eigenvalue weighted by atomic mass is 32.2. The van der Waals surface area contributed by atoms with Gasteiger partial charge in [-0.15, -0.1) is 0 Å². The fourth-order valence-corrected chi connectivity index (χ4v) is 4.29. The van der Waals surface area contributed by atoms with Crippen LogP contribution < -0.4 is 5.73 Å². The Bertz CT molecular complexity index is 1020. The van der Waals surface area contributed by atoms with Gasteiger partial charge in [0.1, 0.15) is 4.90 Å². The summed E-state index contributed by atoms with van der Waals surface area (Å²) in [5.74, 6) is 0. The lowest BCUT2D eigenvalue weighted by atomic mass is 9.92. The Morgan fingerprint density at radius 1 is 0.957 bits per heavy atom. The Morgan fingerprint density at radius 3 is 1.96 bits per heavy atom. The molecular weight excluding hydrogens is 374 g/mol. The fourth-order valence-electron chi connectivity index (χ4n) is 2.19. The molecule has 1 aromatic carbocycles. The standard InChI is InChI=1S/C10H11NO9S3/c11-10(23(18,19)20)3-1-2-7-8(10)4-6(21(12,13)14)5-9(7)22(15,16)17/h1-2,4-5H,3,11H2,(H,12,13,14)(H,15,16,17)(H,18,19,20). The number of nitrogens with two attached hydrogens (primary N) is 1. The summed E-state index contributed by atoms with van der Waals surface area (Å²) >= 11 is 0. The zero-order valence-electron chi connectivity index (χ0n) is 11.1. The van der Waals surface area contributed by atoms with E-state index in [-0.39, 0.29) is 0 Å². The van der Waals surface area contributed by atoms with Gasteiger partial charge in [-0.2, -0.15) is 25.3 Å². The van der Waals surface area contributed by atoms with Gasteiger partial charge in [-0.25, -0.2) is 0 Å². The molecule has 1 aliphatic carbocycles. The van der Waals surface area contributed by atoms with Crippen molar-refractivity contribution in [2.24, 2.45) is 5.73 Å². The molecule has 128 valence electrons. The van der Waals surface area contributed by atoms with Gasteiger partial charge in [-0.3, -0.25) is 13.7 Å². The molecule has 2 rings (SSSR count). The first-order valence-corrected chi connectivity index (χ1v) is 10.1. The number of fused-ring (bicyclic) bond motifs is 1. The maximum atomic E-state index is 11.6. The Kier molecular flexibility index (Phi) is 3.97. The summed E-state index contributed by atoms with van der Waals surface area (Å²) in [5.41, 5.74) is 4.63. The molecule has 0 saturated heterocycles. The van der Waals surface area contributed by atoms with E-state index in [0.29, 0.717) is 12.1 Å². The van der Waals surface area contributed by atoms with Gasteiger partial charge in [0.05, 0.1) is 4.90 Å². The van der Waals surface area contributed by atoms with Crippen LogP contribution in [0, 0.1) is 0 Å². The molecule has 13 heteroatoms. The molecule has 0 spiro atoms. The van der Waals surface area contributed by atoms with Gasteiger partial charge in [-0.1, -0.05) is 12.2 Å². The van der Waals surface area contributed by atoms with E-state index < -0.39 is 62.6 Å². The van der Waals surface area contributed by atoms with Gasteiger partial charge >= 0.3 is 0 Å². The van der Waals surface area contributed by atoms with Crippen LogP contribution in [0.3, 0.4) is 0 Å². The first-order chi connectivity index (χ1) is 10.2. The highest BCUT2D eigenvalue weighted by Gasteiger charge is 2.44. The molecule has 0 bridgehead atoms. The molecule has 1 unspecified atom stereocenters. The predicted octanol–water partition coefficient (Wildman–Crippen LogP) is -0.404. The van der Waals surface area contributed by atoms with Crippen molar-refractivity contribution in [2.75, 3.05) is 0 Å². The van der Waals surface area contributed by atoms with Gasteiger partial charge in [-0.05, 0) is 17.7 Å². The van der Waals surface area contributed by atoms with Gasteiger partial charge in [0, 0.05) is 12.0 Å². The average Bonchev–Trinajstić information content (AvgIpc) is 2.34. The van der Waals surface area contributed by atoms with E-state index in [0.717, 1.165) is 12.2 Å². The zero-order chi connectivity index (χ0) is 17.8. The van der Waals surface area contributed by atoms with Crippen LogP contribution >= 0.6 is 0 Å². The van der Waals surface area contributed by atoms with Crippen LogP contribution in [-0.2, 0) is 35.2 Å². The topological polar surface area (TPSA) is 189 Å². The highest BCUT2D eigenvalue weighted by Crippen LogP contribution is 2.39. The van der Waals surface area contributed by atoms with Crippen LogP contribution in [0.1, 0.15) is 17.5 Å². The molecule has 0 saturated carbocycles. The van der Waals surface area contributed by atoms with Gasteiger partial charge in [0.2, 0.25) is 0 Å². The van der Waals surface area contributed by atoms with E-state index in [1.807, 2.05) is 0 Å². The van der Waals surface area contributed by atoms with Gasteiger partial charge < -0.3 is 5.73 Å². The number of rotatable bonds is 3. The van der Waals surface area contributed by atoms with Crippen LogP contribution in [0.25, 0.3) is 6.08 Å². The van der Waals surface area contributed by atoms with Crippen molar-refractivity contribution in [1.82, 2.24) is 0 Å². The van der Waals surface area contributed by atoms with Crippen LogP contribution in [-0.4, -0.2) is 38.9 Å². The minimum absolute atomic E-state index is 0.411. The molecule has 0 aliphatic heterocycles. The molecule has 0 aromatic heterocycles. The molecule has 23 heavy (non-hydrogen) atoms. The lowest BCUT2D eigenvalue weighted by Gasteiger charge is -2.30. The summed E-state index contributed by atoms with van der Waals surface area (Å²) < 4.78 is 96.2. The normalized spacial score (nSPS) is 21.9. The van der Waals surface area contributed by atoms with Crippen LogP contribution in [0.4, 0.5) is 0 Å². The smallest absolute Gasteiger partial charge is 0.295 e. The number of benzene rings is 1. The molecule has 5 N–H and O–H groups in total. The van der Waals surface area contributed by atoms with Crippen molar-refractivity contribution < 1.29 is 38.9 Å². The summed E-state index contributed by atoms with van der Waals surface area (Å²) in [6.07, 6.45) is 1.75. The van der Waals surface area contributed by atoms with Gasteiger partial charge in [0.25, 0.3) is 30.4 Å². The molecule has 0 heterocycles. The Morgan fingerprint density at radius 2 is 1.52 bits per heavy atom. The maximum Gasteiger partial charge on any atom is 0.295 e. The second-order valence-electron chi connectivity index (χ2n) is 4.80. The molecule has 0 amide bonds. The van der Waals surface area contributed by atoms with Crippen LogP contribution in [0.5, 0.6) is 0 Å². The Hall–Kier alpha value is -1.35. The molecule has 1 aliphatic rings. The second kappa shape index (κ2) is 5.07. The molecular formula is C10H11NO9S3. The van der Waals surface area contributed by atoms with Crippen molar-refractivity contribution in [3.8, 4) is 0 Å². The van der Waals surface area contributed by atoms with Crippen molar-refractivity contribution in [1.29, 1.82) is 0 Å². The molecule has 0 fully saturated rings. The monoisotopic (exact) mass is 385 g/mol. The minimum atomic E-state index is -4.99. The summed E-state index contributed by atoms with van der Waals surface area (Å²) in [6, 6.07) is 1.07. The quantitative estimate of drug-likeness (QED) is 0.498. The van der Waals surface area contributed by atoms with Crippen LogP contribution in [0.15, 0.2) is 28.0 Å². The van der Waals surface area contributed by atoms with Crippen molar-refractivity contribution in [2.45, 2.75) is 21.1 Å². The predicted molar refractivity (Wildman–Crippen MR) is 77.1 cm³/mol. The van der Waals surface area contributed by atoms with Crippen LogP contribution in [0.2, 0.25) is 0 Å². The average molecular weight is 385 g/mol. The minimum Gasteiger partial charge on any atom is -0.307 e. The maximum absolute atomic E-state index is 11.6. The van der Waals surface area contributed by atoms with E-state index in [4.69, 9.17) is 10.3 Å². The first kappa shape index (κ1) is 18.0. The van der Waals surface area contributed by atoms with Crippen molar-refractivity contribution in [3.05, 3.63) is 29.3 Å². The summed E-state index contributed by atoms with van der Waals surface area (Å²) in [5, 5.41) is 0. The molecule has 10 nitrogen and oxygen atoms in total. The SMILES string of the molecule is NC1(S(=O)(=O)O)CC=Cc2c1cc(S(=O)(=O)O)cc2S(=O)(=O)O. The third-order valence-corrected chi connectivity index (χ3v) is 6.35. The van der Waals surface area contributed by atoms with Crippen molar-refractivity contribution >= 4 is 36.4 Å². The van der Waals surface area contributed by atoms with E-state index in [1.54, 1.807) is 0 Å². The van der Waals surface area contributed by atoms with E-state index in [2.05, 4.69) is 0 Å². The van der Waals surface area contributed by atoms with Gasteiger partial charge in [0.15, 0.2) is 4.87 Å². The fraction of sp³-hybridized carbons (Fsp3) is 0.200. The highest BCUT2D eigenvalue weighted by molar-refractivity contribution is 7.87. The number of hydrogen-bond acceptors (Lipinski definition) is 7. The van der Waals surface area contributed by atoms with E-state index >= 15 is 0 Å². The lowest BCUT2D eigenvalue weighted by Crippen LogP contribution is -2.46. The lowest BCUT2D eigenvalue weighted by molar-refractivity contribution is 0.425. The third kappa shape index (κ3) is 3.03. The summed E-state index contributed by atoms with van der Waals surface area (Å²) in [4.78, 5) is -4.52. The number of hydrogen-bond donors (Lipinski definition) is 4. The molecule has 0 radical (unpaired) electrons. The largest absolute Gasteiger partial charge is 0.307 e. The third-order valence-electron chi connectivity index (χ3n) is 3.31. The van der Waals surface area contributed by atoms with Crippen molar-refractivity contribution in [3.63, 3.8) is 0 Å².